The maximum absolute atomic E-state index is 14.3. The van der Waals surface area contributed by atoms with Crippen LogP contribution in [0.4, 0.5) is 16.0 Å². The molecular formula is C21H24FN7O2. The summed E-state index contributed by atoms with van der Waals surface area (Å²) in [5, 5.41) is 6.14. The number of ether oxygens (including phenoxy) is 1. The minimum atomic E-state index is -0.518. The summed E-state index contributed by atoms with van der Waals surface area (Å²) in [7, 11) is 0. The third kappa shape index (κ3) is 3.67. The molecule has 2 aliphatic rings. The molecule has 9 nitrogen and oxygen atoms in total. The van der Waals surface area contributed by atoms with E-state index in [-0.39, 0.29) is 17.1 Å². The number of aryl methyl sites for hydroxylation is 1. The highest BCUT2D eigenvalue weighted by atomic mass is 19.1. The van der Waals surface area contributed by atoms with Crippen molar-refractivity contribution < 1.29 is 13.9 Å². The van der Waals surface area contributed by atoms with E-state index in [9.17, 15) is 9.18 Å². The van der Waals surface area contributed by atoms with E-state index in [1.807, 2.05) is 6.92 Å². The Morgan fingerprint density at radius 1 is 1.39 bits per heavy atom. The second-order valence-corrected chi connectivity index (χ2v) is 7.98. The van der Waals surface area contributed by atoms with Gasteiger partial charge in [-0.3, -0.25) is 4.79 Å². The van der Waals surface area contributed by atoms with E-state index >= 15 is 0 Å². The maximum atomic E-state index is 14.3. The Kier molecular flexibility index (Phi) is 4.93. The number of piperidine rings is 1. The molecule has 2 saturated heterocycles. The molecule has 2 N–H and O–H groups in total. The average Bonchev–Trinajstić information content (AvgIpc) is 3.10. The summed E-state index contributed by atoms with van der Waals surface area (Å²) >= 11 is 0. The van der Waals surface area contributed by atoms with Gasteiger partial charge in [-0.1, -0.05) is 0 Å². The summed E-state index contributed by atoms with van der Waals surface area (Å²) in [6, 6.07) is 1.71. The van der Waals surface area contributed by atoms with Gasteiger partial charge in [-0.2, -0.15) is 4.98 Å². The molecule has 162 valence electrons. The average molecular weight is 425 g/mol. The van der Waals surface area contributed by atoms with Crippen molar-refractivity contribution in [2.24, 2.45) is 5.92 Å². The Morgan fingerprint density at radius 2 is 2.26 bits per heavy atom. The zero-order chi connectivity index (χ0) is 21.5. The highest BCUT2D eigenvalue weighted by Gasteiger charge is 2.36. The SMILES string of the molecule is CCOc1nc(N2CC[C@H]3CN[C@H]3C2)ncc1C(=O)Nc1cc(F)c2nc(C)cn2c1. The first-order valence-electron chi connectivity index (χ1n) is 10.5. The molecule has 2 atom stereocenters. The first-order chi connectivity index (χ1) is 15.0. The second kappa shape index (κ2) is 7.77. The molecule has 0 radical (unpaired) electrons. The fraction of sp³-hybridized carbons (Fsp3) is 0.429. The molecule has 0 unspecified atom stereocenters. The number of imidazole rings is 1. The van der Waals surface area contributed by atoms with Crippen LogP contribution >= 0.6 is 0 Å². The Morgan fingerprint density at radius 3 is 3.00 bits per heavy atom. The topological polar surface area (TPSA) is 96.7 Å². The molecule has 0 bridgehead atoms. The number of amides is 1. The van der Waals surface area contributed by atoms with E-state index < -0.39 is 11.7 Å². The first kappa shape index (κ1) is 19.7. The highest BCUT2D eigenvalue weighted by molar-refractivity contribution is 6.05. The van der Waals surface area contributed by atoms with E-state index in [4.69, 9.17) is 4.74 Å². The summed E-state index contributed by atoms with van der Waals surface area (Å²) in [6.45, 7) is 6.76. The third-order valence-electron chi connectivity index (χ3n) is 5.83. The summed E-state index contributed by atoms with van der Waals surface area (Å²) in [4.78, 5) is 28.1. The van der Waals surface area contributed by atoms with Crippen molar-refractivity contribution in [2.75, 3.05) is 36.5 Å². The lowest BCUT2D eigenvalue weighted by atomic mass is 9.85. The Bertz CT molecular complexity index is 1150. The van der Waals surface area contributed by atoms with E-state index in [1.165, 1.54) is 12.3 Å². The van der Waals surface area contributed by atoms with Crippen molar-refractivity contribution in [3.8, 4) is 5.88 Å². The van der Waals surface area contributed by atoms with E-state index in [0.717, 1.165) is 32.0 Å². The van der Waals surface area contributed by atoms with Gasteiger partial charge >= 0.3 is 0 Å². The molecule has 2 aliphatic heterocycles. The molecule has 10 heteroatoms. The van der Waals surface area contributed by atoms with Crippen LogP contribution in [0.15, 0.2) is 24.7 Å². The second-order valence-electron chi connectivity index (χ2n) is 7.98. The number of carbonyl (C=O) groups excluding carboxylic acids is 1. The largest absolute Gasteiger partial charge is 0.477 e. The molecule has 2 fully saturated rings. The van der Waals surface area contributed by atoms with E-state index in [2.05, 4.69) is 30.5 Å². The van der Waals surface area contributed by atoms with Gasteiger partial charge in [0.15, 0.2) is 11.5 Å². The van der Waals surface area contributed by atoms with Crippen molar-refractivity contribution in [3.05, 3.63) is 41.7 Å². The molecule has 0 spiro atoms. The van der Waals surface area contributed by atoms with Crippen LogP contribution in [-0.4, -0.2) is 57.5 Å². The van der Waals surface area contributed by atoms with Gasteiger partial charge in [-0.05, 0) is 32.7 Å². The van der Waals surface area contributed by atoms with Gasteiger partial charge in [0.05, 0.1) is 18.0 Å². The summed E-state index contributed by atoms with van der Waals surface area (Å²) in [5.41, 5.74) is 1.40. The van der Waals surface area contributed by atoms with Crippen molar-refractivity contribution in [1.82, 2.24) is 24.7 Å². The van der Waals surface area contributed by atoms with Crippen LogP contribution in [0.1, 0.15) is 29.4 Å². The number of hydrogen-bond donors (Lipinski definition) is 2. The Hall–Kier alpha value is -3.27. The number of nitrogens with zero attached hydrogens (tertiary/aromatic N) is 5. The molecule has 0 aliphatic carbocycles. The molecule has 3 aromatic heterocycles. The molecule has 5 heterocycles. The van der Waals surface area contributed by atoms with Crippen LogP contribution in [0.3, 0.4) is 0 Å². The van der Waals surface area contributed by atoms with Crippen molar-refractivity contribution in [2.45, 2.75) is 26.3 Å². The van der Waals surface area contributed by atoms with Crippen molar-refractivity contribution in [3.63, 3.8) is 0 Å². The lowest BCUT2D eigenvalue weighted by Crippen LogP contribution is -2.62. The van der Waals surface area contributed by atoms with Crippen molar-refractivity contribution in [1.29, 1.82) is 0 Å². The van der Waals surface area contributed by atoms with E-state index in [0.29, 0.717) is 30.0 Å². The van der Waals surface area contributed by atoms with Gasteiger partial charge in [-0.15, -0.1) is 0 Å². The first-order valence-corrected chi connectivity index (χ1v) is 10.5. The third-order valence-corrected chi connectivity index (χ3v) is 5.83. The minimum absolute atomic E-state index is 0.199. The standard InChI is InChI=1S/C21H24FN7O2/c1-3-31-20-15(8-24-21(27-20)28-5-4-13-7-23-17(13)11-28)19(30)26-14-6-16(22)18-25-12(2)9-29(18)10-14/h6,8-10,13,17,23H,3-5,7,11H2,1-2H3,(H,26,30)/t13-,17-/m0/s1. The molecule has 31 heavy (non-hydrogen) atoms. The normalized spacial score (nSPS) is 20.3. The maximum Gasteiger partial charge on any atom is 0.262 e. The molecular weight excluding hydrogens is 401 g/mol. The number of pyridine rings is 1. The number of anilines is 2. The number of carbonyl (C=O) groups is 1. The van der Waals surface area contributed by atoms with Crippen LogP contribution in [-0.2, 0) is 0 Å². The Balaban J connectivity index is 1.39. The number of nitrogens with one attached hydrogen (secondary N) is 2. The zero-order valence-corrected chi connectivity index (χ0v) is 17.4. The molecule has 1 amide bonds. The number of aromatic nitrogens is 4. The van der Waals surface area contributed by atoms with Gasteiger partial charge in [0.25, 0.3) is 5.91 Å². The lowest BCUT2D eigenvalue weighted by Gasteiger charge is -2.46. The van der Waals surface area contributed by atoms with Gasteiger partial charge in [0, 0.05) is 43.8 Å². The van der Waals surface area contributed by atoms with Gasteiger partial charge in [0.2, 0.25) is 11.8 Å². The fourth-order valence-corrected chi connectivity index (χ4v) is 4.16. The summed E-state index contributed by atoms with van der Waals surface area (Å²) in [5.74, 6) is 0.507. The number of rotatable bonds is 5. The van der Waals surface area contributed by atoms with E-state index in [1.54, 1.807) is 23.7 Å². The van der Waals surface area contributed by atoms with Crippen molar-refractivity contribution >= 4 is 23.2 Å². The minimum Gasteiger partial charge on any atom is -0.477 e. The van der Waals surface area contributed by atoms with Crippen LogP contribution in [0.5, 0.6) is 5.88 Å². The number of hydrogen-bond acceptors (Lipinski definition) is 7. The predicted molar refractivity (Wildman–Crippen MR) is 113 cm³/mol. The van der Waals surface area contributed by atoms with Crippen LogP contribution < -0.4 is 20.3 Å². The number of fused-ring (bicyclic) bond motifs is 2. The molecule has 3 aromatic rings. The highest BCUT2D eigenvalue weighted by Crippen LogP contribution is 2.28. The quantitative estimate of drug-likeness (QED) is 0.646. The Labute approximate surface area is 178 Å². The lowest BCUT2D eigenvalue weighted by molar-refractivity contribution is 0.102. The fourth-order valence-electron chi connectivity index (χ4n) is 4.16. The van der Waals surface area contributed by atoms with Gasteiger partial charge in [-0.25, -0.2) is 14.4 Å². The molecule has 0 saturated carbocycles. The number of halogens is 1. The van der Waals surface area contributed by atoms with Gasteiger partial charge < -0.3 is 24.7 Å². The van der Waals surface area contributed by atoms with Crippen LogP contribution in [0.2, 0.25) is 0 Å². The van der Waals surface area contributed by atoms with Crippen LogP contribution in [0, 0.1) is 18.7 Å². The van der Waals surface area contributed by atoms with Gasteiger partial charge in [0.1, 0.15) is 5.56 Å². The smallest absolute Gasteiger partial charge is 0.262 e. The summed E-state index contributed by atoms with van der Waals surface area (Å²) in [6.07, 6.45) is 5.87. The van der Waals surface area contributed by atoms with Crippen LogP contribution in [0.25, 0.3) is 5.65 Å². The monoisotopic (exact) mass is 425 g/mol. The predicted octanol–water partition coefficient (Wildman–Crippen LogP) is 2.02. The molecule has 0 aromatic carbocycles. The molecule has 5 rings (SSSR count). The summed E-state index contributed by atoms with van der Waals surface area (Å²) < 4.78 is 21.5. The zero-order valence-electron chi connectivity index (χ0n) is 17.4.